The summed E-state index contributed by atoms with van der Waals surface area (Å²) in [6, 6.07) is 5.93. The van der Waals surface area contributed by atoms with Gasteiger partial charge in [0, 0.05) is 50.3 Å². The van der Waals surface area contributed by atoms with Crippen molar-refractivity contribution in [3.8, 4) is 0 Å². The molecule has 0 saturated carbocycles. The summed E-state index contributed by atoms with van der Waals surface area (Å²) in [6.45, 7) is 23.2. The van der Waals surface area contributed by atoms with Crippen LogP contribution in [0.5, 0.6) is 0 Å². The number of aromatic nitrogens is 2. The van der Waals surface area contributed by atoms with Gasteiger partial charge in [0.15, 0.2) is 0 Å². The quantitative estimate of drug-likeness (QED) is 0.141. The first-order valence-electron chi connectivity index (χ1n) is 14.0. The maximum atomic E-state index is 12.6. The summed E-state index contributed by atoms with van der Waals surface area (Å²) < 4.78 is 0. The third-order valence-electron chi connectivity index (χ3n) is 6.65. The lowest BCUT2D eigenvalue weighted by Gasteiger charge is -2.29. The number of anilines is 4. The SMILES string of the molecule is C=Cc1cnc(Nc2ccc(N(CC)CCN(CC)CC)c(NC(=O)/C=C\C)c2)nc1C(=C)/C(=C/C=NC)CC. The van der Waals surface area contributed by atoms with Gasteiger partial charge in [-0.25, -0.2) is 9.97 Å². The molecule has 0 atom stereocenters. The second kappa shape index (κ2) is 16.8. The minimum atomic E-state index is -0.180. The number of carbonyl (C=O) groups excluding carboxylic acids is 1. The third kappa shape index (κ3) is 9.02. The van der Waals surface area contributed by atoms with E-state index in [1.54, 1.807) is 31.6 Å². The lowest BCUT2D eigenvalue weighted by molar-refractivity contribution is -0.111. The Hall–Kier alpha value is -4.04. The Kier molecular flexibility index (Phi) is 13.5. The highest BCUT2D eigenvalue weighted by Gasteiger charge is 2.16. The van der Waals surface area contributed by atoms with E-state index in [4.69, 9.17) is 4.98 Å². The van der Waals surface area contributed by atoms with Gasteiger partial charge in [-0.15, -0.1) is 0 Å². The average molecular weight is 544 g/mol. The van der Waals surface area contributed by atoms with Crippen molar-refractivity contribution in [2.75, 3.05) is 55.3 Å². The minimum absolute atomic E-state index is 0.180. The molecule has 1 aromatic carbocycles. The third-order valence-corrected chi connectivity index (χ3v) is 6.65. The van der Waals surface area contributed by atoms with E-state index < -0.39 is 0 Å². The van der Waals surface area contributed by atoms with E-state index in [1.165, 1.54) is 6.08 Å². The first kappa shape index (κ1) is 32.2. The molecule has 2 N–H and O–H groups in total. The molecule has 0 spiro atoms. The molecule has 214 valence electrons. The number of carbonyl (C=O) groups is 1. The van der Waals surface area contributed by atoms with Gasteiger partial charge in [0.1, 0.15) is 0 Å². The van der Waals surface area contributed by atoms with E-state index in [0.29, 0.717) is 11.6 Å². The number of hydrogen-bond acceptors (Lipinski definition) is 7. The zero-order valence-electron chi connectivity index (χ0n) is 25.0. The average Bonchev–Trinajstić information content (AvgIpc) is 2.96. The zero-order chi connectivity index (χ0) is 29.5. The van der Waals surface area contributed by atoms with Crippen LogP contribution in [0.25, 0.3) is 11.6 Å². The van der Waals surface area contributed by atoms with E-state index in [1.807, 2.05) is 31.2 Å². The molecule has 2 rings (SSSR count). The summed E-state index contributed by atoms with van der Waals surface area (Å²) in [6.07, 6.45) is 11.2. The molecule has 2 aromatic rings. The fourth-order valence-corrected chi connectivity index (χ4v) is 4.29. The summed E-state index contributed by atoms with van der Waals surface area (Å²) in [5.74, 6) is 0.245. The number of nitrogens with one attached hydrogen (secondary N) is 2. The monoisotopic (exact) mass is 543 g/mol. The van der Waals surface area contributed by atoms with Crippen molar-refractivity contribution in [3.05, 3.63) is 72.6 Å². The summed E-state index contributed by atoms with van der Waals surface area (Å²) in [5.41, 5.74) is 5.76. The second-order valence-electron chi connectivity index (χ2n) is 9.09. The maximum absolute atomic E-state index is 12.6. The predicted molar refractivity (Wildman–Crippen MR) is 173 cm³/mol. The van der Waals surface area contributed by atoms with Crippen LogP contribution in [0.4, 0.5) is 23.0 Å². The molecule has 1 heterocycles. The van der Waals surface area contributed by atoms with Crippen LogP contribution in [-0.4, -0.2) is 66.8 Å². The largest absolute Gasteiger partial charge is 0.369 e. The molecule has 1 aromatic heterocycles. The number of nitrogens with zero attached hydrogens (tertiary/aromatic N) is 5. The summed E-state index contributed by atoms with van der Waals surface area (Å²) >= 11 is 0. The van der Waals surface area contributed by atoms with Crippen molar-refractivity contribution in [3.63, 3.8) is 0 Å². The van der Waals surface area contributed by atoms with Crippen molar-refractivity contribution >= 4 is 46.8 Å². The molecule has 0 aliphatic carbocycles. The highest BCUT2D eigenvalue weighted by molar-refractivity contribution is 6.02. The van der Waals surface area contributed by atoms with Gasteiger partial charge < -0.3 is 20.4 Å². The topological polar surface area (TPSA) is 85.8 Å². The molecular formula is C32H45N7O. The number of likely N-dealkylation sites (N-methyl/N-ethyl adjacent to an activating group) is 2. The molecule has 0 fully saturated rings. The van der Waals surface area contributed by atoms with Crippen LogP contribution < -0.4 is 15.5 Å². The Morgan fingerprint density at radius 1 is 1.12 bits per heavy atom. The van der Waals surface area contributed by atoms with E-state index in [0.717, 1.165) is 72.9 Å². The minimum Gasteiger partial charge on any atom is -0.369 e. The predicted octanol–water partition coefficient (Wildman–Crippen LogP) is 6.60. The van der Waals surface area contributed by atoms with E-state index in [9.17, 15) is 4.79 Å². The molecular weight excluding hydrogens is 498 g/mol. The highest BCUT2D eigenvalue weighted by atomic mass is 16.1. The van der Waals surface area contributed by atoms with Gasteiger partial charge in [-0.3, -0.25) is 9.79 Å². The van der Waals surface area contributed by atoms with Gasteiger partial charge in [0.2, 0.25) is 11.9 Å². The summed E-state index contributed by atoms with van der Waals surface area (Å²) in [5, 5.41) is 6.36. The van der Waals surface area contributed by atoms with Gasteiger partial charge in [0.25, 0.3) is 0 Å². The summed E-state index contributed by atoms with van der Waals surface area (Å²) in [4.78, 5) is 30.6. The highest BCUT2D eigenvalue weighted by Crippen LogP contribution is 2.31. The van der Waals surface area contributed by atoms with Crippen molar-refractivity contribution in [2.45, 2.75) is 41.0 Å². The van der Waals surface area contributed by atoms with Gasteiger partial charge >= 0.3 is 0 Å². The zero-order valence-corrected chi connectivity index (χ0v) is 25.0. The molecule has 1 amide bonds. The van der Waals surface area contributed by atoms with E-state index in [-0.39, 0.29) is 5.91 Å². The van der Waals surface area contributed by atoms with Crippen LogP contribution in [0.3, 0.4) is 0 Å². The van der Waals surface area contributed by atoms with Crippen LogP contribution >= 0.6 is 0 Å². The lowest BCUT2D eigenvalue weighted by atomic mass is 9.99. The number of rotatable bonds is 16. The van der Waals surface area contributed by atoms with Crippen LogP contribution in [-0.2, 0) is 4.79 Å². The van der Waals surface area contributed by atoms with Crippen molar-refractivity contribution < 1.29 is 4.79 Å². The molecule has 0 bridgehead atoms. The second-order valence-corrected chi connectivity index (χ2v) is 9.09. The van der Waals surface area contributed by atoms with Crippen LogP contribution in [0, 0.1) is 0 Å². The first-order chi connectivity index (χ1) is 19.3. The number of allylic oxidation sites excluding steroid dienone is 4. The van der Waals surface area contributed by atoms with Gasteiger partial charge in [-0.2, -0.15) is 0 Å². The lowest BCUT2D eigenvalue weighted by Crippen LogP contribution is -2.35. The number of amides is 1. The summed E-state index contributed by atoms with van der Waals surface area (Å²) in [7, 11) is 1.74. The van der Waals surface area contributed by atoms with Gasteiger partial charge in [-0.05, 0) is 74.9 Å². The van der Waals surface area contributed by atoms with Crippen LogP contribution in [0.1, 0.15) is 52.3 Å². The molecule has 0 aliphatic rings. The number of hydrogen-bond donors (Lipinski definition) is 2. The Balaban J connectivity index is 2.46. The standard InChI is InChI=1S/C32H45N7O/c1-9-15-30(40)36-28-22-27(16-17-29(28)39(14-6)21-20-38(12-4)13-5)35-32-34-23-26(11-3)31(37-32)24(7)25(10-2)18-19-33-8/h9,11,15-19,22-23H,3,7,10,12-14,20-21H2,1-2,4-6,8H3,(H,36,40)(H,34,35,37)/b15-9-,25-18+,33-19?. The number of aliphatic imine (C=N–C) groups is 1. The van der Waals surface area contributed by atoms with Gasteiger partial charge in [-0.1, -0.05) is 46.1 Å². The van der Waals surface area contributed by atoms with Crippen molar-refractivity contribution in [1.82, 2.24) is 14.9 Å². The molecule has 40 heavy (non-hydrogen) atoms. The fraction of sp³-hybridized carbons (Fsp3) is 0.375. The van der Waals surface area contributed by atoms with Crippen molar-refractivity contribution in [1.29, 1.82) is 0 Å². The fourth-order valence-electron chi connectivity index (χ4n) is 4.29. The first-order valence-corrected chi connectivity index (χ1v) is 14.0. The Bertz CT molecular complexity index is 1240. The van der Waals surface area contributed by atoms with E-state index in [2.05, 4.69) is 71.3 Å². The Labute approximate surface area is 240 Å². The molecule has 8 heteroatoms. The molecule has 0 aliphatic heterocycles. The molecule has 8 nitrogen and oxygen atoms in total. The Morgan fingerprint density at radius 2 is 1.88 bits per heavy atom. The smallest absolute Gasteiger partial charge is 0.248 e. The van der Waals surface area contributed by atoms with Crippen LogP contribution in [0.15, 0.2) is 66.3 Å². The maximum Gasteiger partial charge on any atom is 0.248 e. The number of benzene rings is 1. The molecule has 0 saturated heterocycles. The van der Waals surface area contributed by atoms with Crippen molar-refractivity contribution in [2.24, 2.45) is 4.99 Å². The van der Waals surface area contributed by atoms with E-state index >= 15 is 0 Å². The Morgan fingerprint density at radius 3 is 2.48 bits per heavy atom. The molecule has 0 unspecified atom stereocenters. The molecule has 0 radical (unpaired) electrons. The normalized spacial score (nSPS) is 11.8. The van der Waals surface area contributed by atoms with Gasteiger partial charge in [0.05, 0.1) is 17.1 Å². The van der Waals surface area contributed by atoms with Crippen LogP contribution in [0.2, 0.25) is 0 Å².